The van der Waals surface area contributed by atoms with Gasteiger partial charge in [0.05, 0.1) is 5.69 Å². The minimum atomic E-state index is 0. The van der Waals surface area contributed by atoms with Crippen molar-refractivity contribution in [2.24, 2.45) is 0 Å². The molecule has 4 rings (SSSR count). The lowest BCUT2D eigenvalue weighted by atomic mass is 10.1. The minimum Gasteiger partial charge on any atom is -0.334 e. The fourth-order valence-electron chi connectivity index (χ4n) is 3.67. The monoisotopic (exact) mass is 466 g/mol. The van der Waals surface area contributed by atoms with Gasteiger partial charge < -0.3 is 14.6 Å². The normalized spacial score (nSPS) is 15.4. The molecular weight excluding hydrogens is 439 g/mol. The third kappa shape index (κ3) is 5.70. The summed E-state index contributed by atoms with van der Waals surface area (Å²) in [7, 11) is 0. The highest BCUT2D eigenvalue weighted by atomic mass is 35.5. The molecule has 1 aliphatic rings. The van der Waals surface area contributed by atoms with Crippen LogP contribution in [0.3, 0.4) is 0 Å². The molecular formula is C22H28Cl2N4OS. The van der Waals surface area contributed by atoms with Crippen molar-refractivity contribution in [2.45, 2.75) is 36.5 Å². The number of thioether (sulfide) groups is 1. The Hall–Kier alpha value is -1.73. The predicted molar refractivity (Wildman–Crippen MR) is 128 cm³/mol. The van der Waals surface area contributed by atoms with Gasteiger partial charge in [-0.1, -0.05) is 13.0 Å². The molecule has 0 radical (unpaired) electrons. The third-order valence-electron chi connectivity index (χ3n) is 5.10. The maximum atomic E-state index is 13.0. The molecule has 1 saturated heterocycles. The van der Waals surface area contributed by atoms with Gasteiger partial charge >= 0.3 is 0 Å². The minimum absolute atomic E-state index is 0. The van der Waals surface area contributed by atoms with Crippen LogP contribution in [-0.2, 0) is 5.75 Å². The second kappa shape index (κ2) is 11.6. The van der Waals surface area contributed by atoms with Gasteiger partial charge in [0.25, 0.3) is 5.91 Å². The SMILES string of the molecule is CCCN(C(=O)c1ccc(SCc2cn3ccccc3n2)cc1)C1CCNC1.Cl.Cl. The molecule has 1 atom stereocenters. The number of hydrogen-bond acceptors (Lipinski definition) is 4. The summed E-state index contributed by atoms with van der Waals surface area (Å²) in [4.78, 5) is 20.8. The zero-order chi connectivity index (χ0) is 19.3. The van der Waals surface area contributed by atoms with Gasteiger partial charge in [-0.15, -0.1) is 36.6 Å². The average molecular weight is 467 g/mol. The van der Waals surface area contributed by atoms with Crippen molar-refractivity contribution in [1.82, 2.24) is 19.6 Å². The summed E-state index contributed by atoms with van der Waals surface area (Å²) in [6.07, 6.45) is 6.10. The second-order valence-electron chi connectivity index (χ2n) is 7.16. The molecule has 0 aliphatic carbocycles. The lowest BCUT2D eigenvalue weighted by Crippen LogP contribution is -2.42. The summed E-state index contributed by atoms with van der Waals surface area (Å²) >= 11 is 1.74. The average Bonchev–Trinajstić information content (AvgIpc) is 3.40. The lowest BCUT2D eigenvalue weighted by molar-refractivity contribution is 0.0692. The van der Waals surface area contributed by atoms with Gasteiger partial charge in [0.15, 0.2) is 0 Å². The first kappa shape index (κ1) is 24.5. The van der Waals surface area contributed by atoms with Crippen molar-refractivity contribution < 1.29 is 4.79 Å². The van der Waals surface area contributed by atoms with E-state index < -0.39 is 0 Å². The van der Waals surface area contributed by atoms with E-state index in [-0.39, 0.29) is 30.7 Å². The van der Waals surface area contributed by atoms with E-state index in [1.165, 1.54) is 0 Å². The van der Waals surface area contributed by atoms with E-state index in [0.29, 0.717) is 6.04 Å². The predicted octanol–water partition coefficient (Wildman–Crippen LogP) is 4.68. The first-order chi connectivity index (χ1) is 13.7. The Morgan fingerprint density at radius 2 is 2.03 bits per heavy atom. The van der Waals surface area contributed by atoms with Crippen LogP contribution in [0.15, 0.2) is 59.8 Å². The van der Waals surface area contributed by atoms with Gasteiger partial charge in [-0.2, -0.15) is 0 Å². The van der Waals surface area contributed by atoms with E-state index >= 15 is 0 Å². The zero-order valence-electron chi connectivity index (χ0n) is 17.0. The van der Waals surface area contributed by atoms with E-state index in [1.54, 1.807) is 11.8 Å². The standard InChI is InChI=1S/C22H26N4OS.2ClH/c1-2-12-26(19-10-11-23-14-19)22(27)17-6-8-20(9-7-17)28-16-18-15-25-13-4-3-5-21(25)24-18;;/h3-9,13,15,19,23H,2,10-12,14,16H2,1H3;2*1H. The molecule has 1 aliphatic heterocycles. The fourth-order valence-corrected chi connectivity index (χ4v) is 4.45. The fraction of sp³-hybridized carbons (Fsp3) is 0.364. The van der Waals surface area contributed by atoms with E-state index in [2.05, 4.69) is 23.4 Å². The smallest absolute Gasteiger partial charge is 0.254 e. The number of carbonyl (C=O) groups is 1. The molecule has 1 unspecified atom stereocenters. The van der Waals surface area contributed by atoms with Crippen LogP contribution >= 0.6 is 36.6 Å². The Morgan fingerprint density at radius 1 is 1.23 bits per heavy atom. The molecule has 0 spiro atoms. The van der Waals surface area contributed by atoms with Crippen molar-refractivity contribution in [2.75, 3.05) is 19.6 Å². The number of fused-ring (bicyclic) bond motifs is 1. The van der Waals surface area contributed by atoms with Crippen LogP contribution in [0, 0.1) is 0 Å². The lowest BCUT2D eigenvalue weighted by Gasteiger charge is -2.28. The Morgan fingerprint density at radius 3 is 2.70 bits per heavy atom. The Bertz CT molecular complexity index is 909. The number of hydrogen-bond donors (Lipinski definition) is 1. The molecule has 1 aromatic carbocycles. The van der Waals surface area contributed by atoms with Crippen LogP contribution in [0.2, 0.25) is 0 Å². The molecule has 2 aromatic heterocycles. The molecule has 8 heteroatoms. The first-order valence-corrected chi connectivity index (χ1v) is 10.9. The summed E-state index contributed by atoms with van der Waals surface area (Å²) < 4.78 is 2.04. The number of benzene rings is 1. The number of pyridine rings is 1. The van der Waals surface area contributed by atoms with Crippen LogP contribution in [0.5, 0.6) is 0 Å². The van der Waals surface area contributed by atoms with Crippen molar-refractivity contribution >= 4 is 48.1 Å². The Labute approximate surface area is 194 Å². The van der Waals surface area contributed by atoms with Gasteiger partial charge in [0.2, 0.25) is 0 Å². The number of carbonyl (C=O) groups excluding carboxylic acids is 1. The summed E-state index contributed by atoms with van der Waals surface area (Å²) in [5.74, 6) is 0.956. The molecule has 3 heterocycles. The molecule has 3 aromatic rings. The topological polar surface area (TPSA) is 49.6 Å². The van der Waals surface area contributed by atoms with E-state index in [9.17, 15) is 4.79 Å². The van der Waals surface area contributed by atoms with Crippen LogP contribution in [0.4, 0.5) is 0 Å². The molecule has 0 bridgehead atoms. The first-order valence-electron chi connectivity index (χ1n) is 9.92. The number of nitrogens with one attached hydrogen (secondary N) is 1. The van der Waals surface area contributed by atoms with Crippen LogP contribution in [0.1, 0.15) is 35.8 Å². The van der Waals surface area contributed by atoms with Crippen molar-refractivity contribution in [3.05, 3.63) is 66.1 Å². The highest BCUT2D eigenvalue weighted by Gasteiger charge is 2.26. The molecule has 1 N–H and O–H groups in total. The maximum Gasteiger partial charge on any atom is 0.254 e. The Balaban J connectivity index is 0.00000160. The van der Waals surface area contributed by atoms with E-state index in [1.807, 2.05) is 58.0 Å². The van der Waals surface area contributed by atoms with Crippen LogP contribution < -0.4 is 5.32 Å². The number of halogens is 2. The van der Waals surface area contributed by atoms with Crippen LogP contribution in [0.25, 0.3) is 5.65 Å². The van der Waals surface area contributed by atoms with E-state index in [0.717, 1.165) is 60.0 Å². The highest BCUT2D eigenvalue weighted by Crippen LogP contribution is 2.24. The largest absolute Gasteiger partial charge is 0.334 e. The van der Waals surface area contributed by atoms with Crippen molar-refractivity contribution in [3.8, 4) is 0 Å². The van der Waals surface area contributed by atoms with Gasteiger partial charge in [-0.05, 0) is 55.8 Å². The third-order valence-corrected chi connectivity index (χ3v) is 6.15. The van der Waals surface area contributed by atoms with Crippen molar-refractivity contribution in [1.29, 1.82) is 0 Å². The molecule has 30 heavy (non-hydrogen) atoms. The Kier molecular flexibility index (Phi) is 9.49. The molecule has 162 valence electrons. The van der Waals surface area contributed by atoms with Gasteiger partial charge in [0.1, 0.15) is 5.65 Å². The van der Waals surface area contributed by atoms with Gasteiger partial charge in [-0.3, -0.25) is 4.79 Å². The summed E-state index contributed by atoms with van der Waals surface area (Å²) in [5.41, 5.74) is 2.80. The quantitative estimate of drug-likeness (QED) is 0.513. The maximum absolute atomic E-state index is 13.0. The second-order valence-corrected chi connectivity index (χ2v) is 8.21. The van der Waals surface area contributed by atoms with Crippen molar-refractivity contribution in [3.63, 3.8) is 0 Å². The highest BCUT2D eigenvalue weighted by molar-refractivity contribution is 7.98. The van der Waals surface area contributed by atoms with Gasteiger partial charge in [-0.25, -0.2) is 4.98 Å². The number of amides is 1. The molecule has 1 amide bonds. The summed E-state index contributed by atoms with van der Waals surface area (Å²) in [6, 6.07) is 14.3. The molecule has 0 saturated carbocycles. The van der Waals surface area contributed by atoms with Crippen LogP contribution in [-0.4, -0.2) is 45.9 Å². The zero-order valence-corrected chi connectivity index (χ0v) is 19.4. The van der Waals surface area contributed by atoms with E-state index in [4.69, 9.17) is 0 Å². The number of rotatable bonds is 7. The number of imidazole rings is 1. The van der Waals surface area contributed by atoms with Gasteiger partial charge in [0, 0.05) is 47.7 Å². The number of nitrogens with zero attached hydrogens (tertiary/aromatic N) is 3. The summed E-state index contributed by atoms with van der Waals surface area (Å²) in [5, 5.41) is 3.36. The number of aromatic nitrogens is 2. The molecule has 1 fully saturated rings. The molecule has 5 nitrogen and oxygen atoms in total. The summed E-state index contributed by atoms with van der Waals surface area (Å²) in [6.45, 7) is 4.84.